The molecule has 1 heterocycles. The third-order valence-corrected chi connectivity index (χ3v) is 2.46. The summed E-state index contributed by atoms with van der Waals surface area (Å²) in [7, 11) is 0. The molecule has 0 aliphatic carbocycles. The van der Waals surface area contributed by atoms with Gasteiger partial charge in [-0.1, -0.05) is 23.7 Å². The average molecular weight is 239 g/mol. The molecule has 0 amide bonds. The lowest BCUT2D eigenvalue weighted by atomic mass is 10.1. The van der Waals surface area contributed by atoms with E-state index in [0.717, 1.165) is 0 Å². The average Bonchev–Trinajstić information content (AvgIpc) is 2.25. The number of halogens is 2. The summed E-state index contributed by atoms with van der Waals surface area (Å²) in [5, 5.41) is 0.210. The molecule has 0 aliphatic rings. The van der Waals surface area contributed by atoms with Crippen LogP contribution in [-0.4, -0.2) is 4.98 Å². The van der Waals surface area contributed by atoms with Crippen molar-refractivity contribution in [2.45, 2.75) is 0 Å². The van der Waals surface area contributed by atoms with Gasteiger partial charge >= 0.3 is 0 Å². The van der Waals surface area contributed by atoms with Crippen LogP contribution in [0.3, 0.4) is 0 Å². The predicted octanol–water partition coefficient (Wildman–Crippen LogP) is 2.42. The number of rotatable bonds is 1. The molecule has 16 heavy (non-hydrogen) atoms. The number of hydrogen-bond acceptors (Lipinski definition) is 2. The fraction of sp³-hybridized carbons (Fsp3) is 0. The highest BCUT2D eigenvalue weighted by molar-refractivity contribution is 6.33. The largest absolute Gasteiger partial charge is 0.394 e. The first-order chi connectivity index (χ1) is 7.59. The van der Waals surface area contributed by atoms with E-state index in [1.165, 1.54) is 18.2 Å². The Kier molecular flexibility index (Phi) is 2.66. The molecule has 3 nitrogen and oxygen atoms in total. The molecule has 2 rings (SSSR count). The summed E-state index contributed by atoms with van der Waals surface area (Å²) in [6.07, 6.45) is 0. The molecule has 0 fully saturated rings. The minimum Gasteiger partial charge on any atom is -0.394 e. The van der Waals surface area contributed by atoms with Gasteiger partial charge in [-0.05, 0) is 18.2 Å². The lowest BCUT2D eigenvalue weighted by Gasteiger charge is -2.06. The maximum atomic E-state index is 13.5. The van der Waals surface area contributed by atoms with Crippen molar-refractivity contribution < 1.29 is 4.39 Å². The number of nitrogens with two attached hydrogens (primary N) is 1. The Bertz CT molecular complexity index is 595. The normalized spacial score (nSPS) is 10.4. The van der Waals surface area contributed by atoms with Gasteiger partial charge in [0.15, 0.2) is 0 Å². The van der Waals surface area contributed by atoms with Gasteiger partial charge in [0.05, 0.1) is 16.4 Å². The van der Waals surface area contributed by atoms with Gasteiger partial charge in [0.25, 0.3) is 5.56 Å². The molecule has 0 spiro atoms. The second kappa shape index (κ2) is 3.98. The zero-order valence-corrected chi connectivity index (χ0v) is 8.88. The molecule has 2 aromatic rings. The predicted molar refractivity (Wildman–Crippen MR) is 61.9 cm³/mol. The molecule has 3 N–H and O–H groups in total. The number of hydrogen-bond donors (Lipinski definition) is 2. The summed E-state index contributed by atoms with van der Waals surface area (Å²) in [4.78, 5) is 13.8. The van der Waals surface area contributed by atoms with Crippen molar-refractivity contribution in [3.8, 4) is 11.3 Å². The molecule has 82 valence electrons. The van der Waals surface area contributed by atoms with Crippen molar-refractivity contribution in [2.75, 3.05) is 5.73 Å². The first-order valence-corrected chi connectivity index (χ1v) is 4.90. The number of aromatic nitrogens is 1. The van der Waals surface area contributed by atoms with E-state index in [9.17, 15) is 9.18 Å². The summed E-state index contributed by atoms with van der Waals surface area (Å²) < 4.78 is 13.5. The molecule has 0 saturated carbocycles. The Hall–Kier alpha value is -1.81. The van der Waals surface area contributed by atoms with Crippen LogP contribution in [0.25, 0.3) is 11.3 Å². The van der Waals surface area contributed by atoms with Crippen LogP contribution in [-0.2, 0) is 0 Å². The number of benzene rings is 1. The minimum atomic E-state index is -0.484. The highest BCUT2D eigenvalue weighted by atomic mass is 35.5. The Balaban J connectivity index is 2.70. The summed E-state index contributed by atoms with van der Waals surface area (Å²) >= 11 is 5.89. The molecule has 1 aromatic carbocycles. The van der Waals surface area contributed by atoms with E-state index in [1.807, 2.05) is 0 Å². The van der Waals surface area contributed by atoms with Crippen LogP contribution in [0.1, 0.15) is 0 Å². The molecule has 0 saturated heterocycles. The smallest absolute Gasteiger partial charge is 0.271 e. The highest BCUT2D eigenvalue weighted by Crippen LogP contribution is 2.27. The fourth-order valence-electron chi connectivity index (χ4n) is 1.38. The number of H-pyrrole nitrogens is 1. The number of aromatic amines is 1. The van der Waals surface area contributed by atoms with Gasteiger partial charge in [-0.25, -0.2) is 4.39 Å². The van der Waals surface area contributed by atoms with E-state index in [2.05, 4.69) is 4.98 Å². The monoisotopic (exact) mass is 238 g/mol. The summed E-state index contributed by atoms with van der Waals surface area (Å²) in [6.45, 7) is 0. The molecule has 0 atom stereocenters. The van der Waals surface area contributed by atoms with Crippen LogP contribution >= 0.6 is 11.6 Å². The topological polar surface area (TPSA) is 58.9 Å². The first kappa shape index (κ1) is 10.7. The van der Waals surface area contributed by atoms with Crippen LogP contribution in [0.15, 0.2) is 35.1 Å². The number of anilines is 1. The van der Waals surface area contributed by atoms with E-state index in [1.54, 1.807) is 12.1 Å². The lowest BCUT2D eigenvalue weighted by Crippen LogP contribution is -2.12. The molecule has 0 unspecified atom stereocenters. The number of nitrogens with one attached hydrogen (secondary N) is 1. The Morgan fingerprint density at radius 1 is 1.31 bits per heavy atom. The van der Waals surface area contributed by atoms with Crippen LogP contribution < -0.4 is 11.3 Å². The molecular formula is C11H8ClFN2O. The lowest BCUT2D eigenvalue weighted by molar-refractivity contribution is 0.630. The molecule has 0 aliphatic heterocycles. The zero-order chi connectivity index (χ0) is 11.7. The molecule has 5 heteroatoms. The van der Waals surface area contributed by atoms with Crippen molar-refractivity contribution in [3.05, 3.63) is 51.5 Å². The number of nitrogen functional groups attached to an aromatic ring is 1. The molecule has 1 aromatic heterocycles. The maximum absolute atomic E-state index is 13.5. The van der Waals surface area contributed by atoms with E-state index >= 15 is 0 Å². The standard InChI is InChI=1S/C11H8ClFN2O/c12-7-5-9(14)11(16)15-10(7)6-3-1-2-4-8(6)13/h1-5H,14H2,(H,15,16). The Morgan fingerprint density at radius 3 is 2.69 bits per heavy atom. The Morgan fingerprint density at radius 2 is 2.00 bits per heavy atom. The van der Waals surface area contributed by atoms with Crippen LogP contribution in [0.4, 0.5) is 10.1 Å². The van der Waals surface area contributed by atoms with Gasteiger partial charge < -0.3 is 10.7 Å². The zero-order valence-electron chi connectivity index (χ0n) is 8.13. The van der Waals surface area contributed by atoms with Gasteiger partial charge in [0.1, 0.15) is 5.82 Å². The summed E-state index contributed by atoms with van der Waals surface area (Å²) in [5.41, 5.74) is 5.38. The Labute approximate surface area is 95.7 Å². The van der Waals surface area contributed by atoms with Gasteiger partial charge in [-0.2, -0.15) is 0 Å². The molecular weight excluding hydrogens is 231 g/mol. The summed E-state index contributed by atoms with van der Waals surface area (Å²) in [6, 6.07) is 7.34. The second-order valence-electron chi connectivity index (χ2n) is 3.26. The SMILES string of the molecule is Nc1cc(Cl)c(-c2ccccc2F)[nH]c1=O. The first-order valence-electron chi connectivity index (χ1n) is 4.53. The summed E-state index contributed by atoms with van der Waals surface area (Å²) in [5.74, 6) is -0.454. The quantitative estimate of drug-likeness (QED) is 0.802. The van der Waals surface area contributed by atoms with Gasteiger partial charge in [0, 0.05) is 5.56 Å². The van der Waals surface area contributed by atoms with Crippen LogP contribution in [0, 0.1) is 5.82 Å². The van der Waals surface area contributed by atoms with Crippen molar-refractivity contribution in [1.29, 1.82) is 0 Å². The van der Waals surface area contributed by atoms with E-state index in [-0.39, 0.29) is 22.0 Å². The third kappa shape index (κ3) is 1.79. The third-order valence-electron chi connectivity index (χ3n) is 2.16. The molecule has 0 bridgehead atoms. The van der Waals surface area contributed by atoms with Crippen molar-refractivity contribution in [3.63, 3.8) is 0 Å². The van der Waals surface area contributed by atoms with Crippen LogP contribution in [0.5, 0.6) is 0 Å². The minimum absolute atomic E-state index is 0.00471. The van der Waals surface area contributed by atoms with Gasteiger partial charge in [0.2, 0.25) is 0 Å². The van der Waals surface area contributed by atoms with E-state index in [4.69, 9.17) is 17.3 Å². The van der Waals surface area contributed by atoms with Gasteiger partial charge in [-0.15, -0.1) is 0 Å². The maximum Gasteiger partial charge on any atom is 0.271 e. The van der Waals surface area contributed by atoms with Crippen molar-refractivity contribution in [1.82, 2.24) is 4.98 Å². The van der Waals surface area contributed by atoms with Crippen molar-refractivity contribution >= 4 is 17.3 Å². The number of pyridine rings is 1. The van der Waals surface area contributed by atoms with Gasteiger partial charge in [-0.3, -0.25) is 4.79 Å². The second-order valence-corrected chi connectivity index (χ2v) is 3.66. The molecule has 0 radical (unpaired) electrons. The van der Waals surface area contributed by atoms with Crippen molar-refractivity contribution in [2.24, 2.45) is 0 Å². The van der Waals surface area contributed by atoms with E-state index in [0.29, 0.717) is 0 Å². The van der Waals surface area contributed by atoms with Crippen LogP contribution in [0.2, 0.25) is 5.02 Å². The van der Waals surface area contributed by atoms with E-state index < -0.39 is 11.4 Å². The highest BCUT2D eigenvalue weighted by Gasteiger charge is 2.10. The fourth-order valence-corrected chi connectivity index (χ4v) is 1.65.